The Labute approximate surface area is 150 Å². The molecule has 0 radical (unpaired) electrons. The van der Waals surface area contributed by atoms with Gasteiger partial charge in [-0.2, -0.15) is 0 Å². The summed E-state index contributed by atoms with van der Waals surface area (Å²) in [7, 11) is -9.23. The Kier molecular flexibility index (Phi) is 6.42. The molecule has 8 nitrogen and oxygen atoms in total. The van der Waals surface area contributed by atoms with Crippen LogP contribution in [0.25, 0.3) is 0 Å². The SMILES string of the molecule is C=C(NC(c1ccccc1)P(=O)(O)O)NC(c1ccccc1)P(=O)(O)O. The van der Waals surface area contributed by atoms with Crippen LogP contribution in [0.15, 0.2) is 73.1 Å². The molecule has 0 spiro atoms. The molecule has 2 unspecified atom stereocenters. The second kappa shape index (κ2) is 8.18. The van der Waals surface area contributed by atoms with Gasteiger partial charge in [0, 0.05) is 0 Å². The van der Waals surface area contributed by atoms with Crippen LogP contribution in [-0.2, 0) is 9.13 Å². The molecule has 26 heavy (non-hydrogen) atoms. The van der Waals surface area contributed by atoms with Crippen LogP contribution in [0.5, 0.6) is 0 Å². The molecule has 2 atom stereocenters. The van der Waals surface area contributed by atoms with Crippen LogP contribution in [0.1, 0.15) is 22.7 Å². The van der Waals surface area contributed by atoms with E-state index in [2.05, 4.69) is 17.2 Å². The Morgan fingerprint density at radius 2 is 1.04 bits per heavy atom. The lowest BCUT2D eigenvalue weighted by atomic mass is 10.2. The lowest BCUT2D eigenvalue weighted by molar-refractivity contribution is 0.345. The quantitative estimate of drug-likeness (QED) is 0.373. The van der Waals surface area contributed by atoms with E-state index in [0.29, 0.717) is 11.1 Å². The minimum atomic E-state index is -4.61. The Balaban J connectivity index is 2.23. The van der Waals surface area contributed by atoms with Gasteiger partial charge in [-0.25, -0.2) is 0 Å². The fraction of sp³-hybridized carbons (Fsp3) is 0.125. The van der Waals surface area contributed by atoms with Crippen molar-refractivity contribution in [3.8, 4) is 0 Å². The van der Waals surface area contributed by atoms with Crippen LogP contribution in [0, 0.1) is 0 Å². The summed E-state index contributed by atoms with van der Waals surface area (Å²) < 4.78 is 23.7. The Bertz CT molecular complexity index is 765. The molecule has 0 bridgehead atoms. The first-order chi connectivity index (χ1) is 12.1. The summed E-state index contributed by atoms with van der Waals surface area (Å²) in [5.74, 6) is -2.94. The number of nitrogens with one attached hydrogen (secondary N) is 2. The molecule has 0 saturated heterocycles. The third-order valence-corrected chi connectivity index (χ3v) is 5.73. The second-order valence-corrected chi connectivity index (χ2v) is 8.96. The molecule has 6 N–H and O–H groups in total. The van der Waals surface area contributed by atoms with Crippen molar-refractivity contribution in [2.24, 2.45) is 0 Å². The van der Waals surface area contributed by atoms with Gasteiger partial charge in [0.05, 0.1) is 5.82 Å². The number of hydrogen-bond acceptors (Lipinski definition) is 4. The lowest BCUT2D eigenvalue weighted by Gasteiger charge is -2.27. The predicted molar refractivity (Wildman–Crippen MR) is 97.9 cm³/mol. The Morgan fingerprint density at radius 1 is 0.731 bits per heavy atom. The highest BCUT2D eigenvalue weighted by Crippen LogP contribution is 2.52. The highest BCUT2D eigenvalue weighted by molar-refractivity contribution is 7.52. The van der Waals surface area contributed by atoms with Gasteiger partial charge in [-0.15, -0.1) is 0 Å². The van der Waals surface area contributed by atoms with E-state index >= 15 is 0 Å². The van der Waals surface area contributed by atoms with Crippen molar-refractivity contribution < 1.29 is 28.7 Å². The standard InChI is InChI=1S/C16H20N2O6P2/c1-12(17-15(25(19,20)21)13-8-4-2-5-9-13)18-16(26(22,23)24)14-10-6-3-7-11-14/h2-11,15-18H,1H2,(H2,19,20,21)(H2,22,23,24). The molecule has 0 amide bonds. The molecule has 2 aromatic rings. The molecule has 0 aliphatic carbocycles. The Morgan fingerprint density at radius 3 is 1.31 bits per heavy atom. The van der Waals surface area contributed by atoms with Crippen molar-refractivity contribution in [2.75, 3.05) is 0 Å². The fourth-order valence-electron chi connectivity index (χ4n) is 2.37. The molecule has 10 heteroatoms. The molecule has 0 aliphatic heterocycles. The molecule has 0 heterocycles. The van der Waals surface area contributed by atoms with Gasteiger partial charge >= 0.3 is 15.2 Å². The minimum absolute atomic E-state index is 0.126. The third-order valence-electron chi connectivity index (χ3n) is 3.53. The van der Waals surface area contributed by atoms with Crippen molar-refractivity contribution in [1.29, 1.82) is 0 Å². The first kappa shape index (κ1) is 20.4. The lowest BCUT2D eigenvalue weighted by Crippen LogP contribution is -2.32. The molecule has 140 valence electrons. The molecule has 0 aromatic heterocycles. The van der Waals surface area contributed by atoms with Crippen LogP contribution < -0.4 is 10.6 Å². The average molecular weight is 398 g/mol. The van der Waals surface area contributed by atoms with Crippen LogP contribution >= 0.6 is 15.2 Å². The number of hydrogen-bond donors (Lipinski definition) is 6. The normalized spacial score (nSPS) is 14.3. The summed E-state index contributed by atoms with van der Waals surface area (Å²) >= 11 is 0. The van der Waals surface area contributed by atoms with Gasteiger partial charge in [-0.3, -0.25) is 9.13 Å². The van der Waals surface area contributed by atoms with Gasteiger partial charge in [0.2, 0.25) is 0 Å². The summed E-state index contributed by atoms with van der Waals surface area (Å²) in [5, 5.41) is 5.07. The zero-order valence-electron chi connectivity index (χ0n) is 13.6. The summed E-state index contributed by atoms with van der Waals surface area (Å²) in [6.07, 6.45) is 0. The van der Waals surface area contributed by atoms with Crippen LogP contribution in [0.3, 0.4) is 0 Å². The fourth-order valence-corrected chi connectivity index (χ4v) is 4.13. The van der Waals surface area contributed by atoms with E-state index in [1.807, 2.05) is 0 Å². The summed E-state index contributed by atoms with van der Waals surface area (Å²) in [4.78, 5) is 38.5. The van der Waals surface area contributed by atoms with Crippen LogP contribution in [0.4, 0.5) is 0 Å². The summed E-state index contributed by atoms with van der Waals surface area (Å²) in [5.41, 5.74) is 0.632. The predicted octanol–water partition coefficient (Wildman–Crippen LogP) is 2.39. The first-order valence-corrected chi connectivity index (χ1v) is 10.9. The number of benzene rings is 2. The first-order valence-electron chi connectivity index (χ1n) is 7.51. The number of rotatable bonds is 8. The highest BCUT2D eigenvalue weighted by atomic mass is 31.2. The van der Waals surface area contributed by atoms with E-state index in [1.165, 1.54) is 24.3 Å². The van der Waals surface area contributed by atoms with E-state index in [0.717, 1.165) is 0 Å². The molecular formula is C16H20N2O6P2. The molecule has 0 fully saturated rings. The van der Waals surface area contributed by atoms with E-state index in [1.54, 1.807) is 36.4 Å². The van der Waals surface area contributed by atoms with E-state index < -0.39 is 26.8 Å². The third kappa shape index (κ3) is 5.54. The molecule has 2 aromatic carbocycles. The highest BCUT2D eigenvalue weighted by Gasteiger charge is 2.34. The van der Waals surface area contributed by atoms with E-state index in [4.69, 9.17) is 0 Å². The largest absolute Gasteiger partial charge is 0.355 e. The topological polar surface area (TPSA) is 139 Å². The second-order valence-electron chi connectivity index (χ2n) is 5.57. The van der Waals surface area contributed by atoms with E-state index in [-0.39, 0.29) is 5.82 Å². The van der Waals surface area contributed by atoms with Gasteiger partial charge in [-0.1, -0.05) is 67.2 Å². The molecular weight excluding hydrogens is 378 g/mol. The van der Waals surface area contributed by atoms with Gasteiger partial charge in [-0.05, 0) is 11.1 Å². The summed E-state index contributed by atoms with van der Waals surface area (Å²) in [6, 6.07) is 16.0. The van der Waals surface area contributed by atoms with Crippen molar-refractivity contribution >= 4 is 15.2 Å². The zero-order chi connectivity index (χ0) is 19.4. The average Bonchev–Trinajstić information content (AvgIpc) is 2.57. The monoisotopic (exact) mass is 398 g/mol. The molecule has 2 rings (SSSR count). The smallest absolute Gasteiger partial charge is 0.352 e. The van der Waals surface area contributed by atoms with Crippen LogP contribution in [-0.4, -0.2) is 19.6 Å². The Hall–Kier alpha value is -1.92. The van der Waals surface area contributed by atoms with Crippen molar-refractivity contribution in [3.63, 3.8) is 0 Å². The van der Waals surface area contributed by atoms with Crippen molar-refractivity contribution in [1.82, 2.24) is 10.6 Å². The van der Waals surface area contributed by atoms with Gasteiger partial charge in [0.1, 0.15) is 0 Å². The minimum Gasteiger partial charge on any atom is -0.355 e. The molecule has 0 saturated carbocycles. The van der Waals surface area contributed by atoms with Gasteiger partial charge < -0.3 is 30.2 Å². The zero-order valence-corrected chi connectivity index (χ0v) is 15.4. The summed E-state index contributed by atoms with van der Waals surface area (Å²) in [6.45, 7) is 3.60. The van der Waals surface area contributed by atoms with Crippen LogP contribution in [0.2, 0.25) is 0 Å². The maximum atomic E-state index is 11.8. The maximum absolute atomic E-state index is 11.8. The van der Waals surface area contributed by atoms with E-state index in [9.17, 15) is 28.7 Å². The maximum Gasteiger partial charge on any atom is 0.352 e. The van der Waals surface area contributed by atoms with Gasteiger partial charge in [0.15, 0.2) is 11.6 Å². The van der Waals surface area contributed by atoms with Crippen molar-refractivity contribution in [3.05, 3.63) is 84.2 Å². The van der Waals surface area contributed by atoms with Crippen molar-refractivity contribution in [2.45, 2.75) is 11.6 Å². The molecule has 0 aliphatic rings. The van der Waals surface area contributed by atoms with Gasteiger partial charge in [0.25, 0.3) is 0 Å².